The first kappa shape index (κ1) is 12.8. The average molecular weight is 250 g/mol. The number of aryl methyl sites for hydroxylation is 1. The molecule has 1 aliphatic carbocycles. The predicted molar refractivity (Wildman–Crippen MR) is 69.8 cm³/mol. The van der Waals surface area contributed by atoms with E-state index in [9.17, 15) is 10.1 Å². The van der Waals surface area contributed by atoms with Gasteiger partial charge in [0.25, 0.3) is 5.69 Å². The van der Waals surface area contributed by atoms with Gasteiger partial charge < -0.3 is 10.2 Å². The zero-order valence-electron chi connectivity index (χ0n) is 10.7. The smallest absolute Gasteiger partial charge is 0.277 e. The standard InChI is InChI=1S/C12H18N4O2/c1-9-8-14-12(7-11(9)16(17)18)13-5-6-15(2)10-3-4-10/h7-8,10H,3-6H2,1-2H3,(H,13,14). The molecule has 18 heavy (non-hydrogen) atoms. The summed E-state index contributed by atoms with van der Waals surface area (Å²) in [6.07, 6.45) is 4.10. The van der Waals surface area contributed by atoms with Crippen LogP contribution in [0.1, 0.15) is 18.4 Å². The van der Waals surface area contributed by atoms with E-state index in [2.05, 4.69) is 22.2 Å². The Morgan fingerprint density at radius 1 is 1.61 bits per heavy atom. The zero-order valence-corrected chi connectivity index (χ0v) is 10.7. The molecule has 0 atom stereocenters. The van der Waals surface area contributed by atoms with E-state index in [0.29, 0.717) is 11.4 Å². The molecule has 0 aromatic carbocycles. The fraction of sp³-hybridized carbons (Fsp3) is 0.583. The summed E-state index contributed by atoms with van der Waals surface area (Å²) in [4.78, 5) is 16.9. The Morgan fingerprint density at radius 2 is 2.33 bits per heavy atom. The van der Waals surface area contributed by atoms with Crippen LogP contribution < -0.4 is 5.32 Å². The lowest BCUT2D eigenvalue weighted by Gasteiger charge is -2.15. The highest BCUT2D eigenvalue weighted by molar-refractivity contribution is 5.48. The van der Waals surface area contributed by atoms with Crippen LogP contribution in [0.2, 0.25) is 0 Å². The molecule has 1 aromatic rings. The molecule has 1 aliphatic rings. The number of nitrogens with one attached hydrogen (secondary N) is 1. The first-order valence-electron chi connectivity index (χ1n) is 6.13. The van der Waals surface area contributed by atoms with Gasteiger partial charge in [0.2, 0.25) is 0 Å². The highest BCUT2D eigenvalue weighted by Crippen LogP contribution is 2.25. The minimum Gasteiger partial charge on any atom is -0.369 e. The molecule has 0 amide bonds. The third kappa shape index (κ3) is 3.16. The molecular weight excluding hydrogens is 232 g/mol. The molecule has 1 aromatic heterocycles. The second-order valence-electron chi connectivity index (χ2n) is 4.75. The van der Waals surface area contributed by atoms with Crippen LogP contribution in [0.15, 0.2) is 12.3 Å². The van der Waals surface area contributed by atoms with Crippen LogP contribution in [-0.4, -0.2) is 41.0 Å². The lowest BCUT2D eigenvalue weighted by molar-refractivity contribution is -0.385. The molecule has 0 spiro atoms. The fourth-order valence-corrected chi connectivity index (χ4v) is 1.86. The average Bonchev–Trinajstić information content (AvgIpc) is 3.14. The first-order chi connectivity index (χ1) is 8.58. The van der Waals surface area contributed by atoms with E-state index in [4.69, 9.17) is 0 Å². The van der Waals surface area contributed by atoms with E-state index in [0.717, 1.165) is 19.1 Å². The lowest BCUT2D eigenvalue weighted by Crippen LogP contribution is -2.27. The number of anilines is 1. The number of aromatic nitrogens is 1. The van der Waals surface area contributed by atoms with Gasteiger partial charge >= 0.3 is 0 Å². The number of likely N-dealkylation sites (N-methyl/N-ethyl adjacent to an activating group) is 1. The highest BCUT2D eigenvalue weighted by Gasteiger charge is 2.25. The van der Waals surface area contributed by atoms with Gasteiger partial charge in [-0.15, -0.1) is 0 Å². The third-order valence-corrected chi connectivity index (χ3v) is 3.21. The molecule has 98 valence electrons. The molecule has 0 radical (unpaired) electrons. The first-order valence-corrected chi connectivity index (χ1v) is 6.13. The van der Waals surface area contributed by atoms with Gasteiger partial charge in [0.05, 0.1) is 11.0 Å². The number of rotatable bonds is 6. The van der Waals surface area contributed by atoms with Crippen molar-refractivity contribution in [2.45, 2.75) is 25.8 Å². The van der Waals surface area contributed by atoms with Crippen LogP contribution in [0, 0.1) is 17.0 Å². The Bertz CT molecular complexity index is 446. The van der Waals surface area contributed by atoms with Gasteiger partial charge in [0.15, 0.2) is 0 Å². The van der Waals surface area contributed by atoms with Crippen LogP contribution in [0.3, 0.4) is 0 Å². The van der Waals surface area contributed by atoms with Crippen molar-refractivity contribution in [2.24, 2.45) is 0 Å². The Labute approximate surface area is 106 Å². The summed E-state index contributed by atoms with van der Waals surface area (Å²) in [6, 6.07) is 2.22. The lowest BCUT2D eigenvalue weighted by atomic mass is 10.2. The maximum absolute atomic E-state index is 10.8. The second-order valence-corrected chi connectivity index (χ2v) is 4.75. The molecule has 6 nitrogen and oxygen atoms in total. The van der Waals surface area contributed by atoms with Crippen LogP contribution in [-0.2, 0) is 0 Å². The zero-order chi connectivity index (χ0) is 13.1. The second kappa shape index (κ2) is 5.30. The van der Waals surface area contributed by atoms with E-state index in [-0.39, 0.29) is 10.6 Å². The van der Waals surface area contributed by atoms with Crippen molar-refractivity contribution in [1.29, 1.82) is 0 Å². The number of pyridine rings is 1. The molecule has 1 heterocycles. The largest absolute Gasteiger partial charge is 0.369 e. The number of nitro groups is 1. The maximum atomic E-state index is 10.8. The normalized spacial score (nSPS) is 14.8. The van der Waals surface area contributed by atoms with E-state index in [1.54, 1.807) is 6.92 Å². The van der Waals surface area contributed by atoms with Crippen molar-refractivity contribution in [3.8, 4) is 0 Å². The predicted octanol–water partition coefficient (Wildman–Crippen LogP) is 1.80. The van der Waals surface area contributed by atoms with Crippen molar-refractivity contribution in [2.75, 3.05) is 25.5 Å². The Balaban J connectivity index is 1.88. The number of hydrogen-bond donors (Lipinski definition) is 1. The van der Waals surface area contributed by atoms with Gasteiger partial charge in [-0.1, -0.05) is 0 Å². The topological polar surface area (TPSA) is 71.3 Å². The quantitative estimate of drug-likeness (QED) is 0.615. The Hall–Kier alpha value is -1.69. The van der Waals surface area contributed by atoms with Crippen molar-refractivity contribution in [1.82, 2.24) is 9.88 Å². The van der Waals surface area contributed by atoms with Crippen LogP contribution >= 0.6 is 0 Å². The summed E-state index contributed by atoms with van der Waals surface area (Å²) in [5.74, 6) is 0.566. The summed E-state index contributed by atoms with van der Waals surface area (Å²) < 4.78 is 0. The van der Waals surface area contributed by atoms with Gasteiger partial charge in [-0.25, -0.2) is 4.98 Å². The molecule has 1 fully saturated rings. The van der Waals surface area contributed by atoms with Crippen molar-refractivity contribution >= 4 is 11.5 Å². The summed E-state index contributed by atoms with van der Waals surface area (Å²) in [5.41, 5.74) is 0.698. The van der Waals surface area contributed by atoms with Crippen LogP contribution in [0.5, 0.6) is 0 Å². The van der Waals surface area contributed by atoms with E-state index >= 15 is 0 Å². The number of nitrogens with zero attached hydrogens (tertiary/aromatic N) is 3. The molecule has 2 rings (SSSR count). The molecular formula is C12H18N4O2. The molecule has 6 heteroatoms. The van der Waals surface area contributed by atoms with Gasteiger partial charge in [-0.2, -0.15) is 0 Å². The van der Waals surface area contributed by atoms with Gasteiger partial charge in [-0.3, -0.25) is 10.1 Å². The van der Waals surface area contributed by atoms with Crippen molar-refractivity contribution < 1.29 is 4.92 Å². The SMILES string of the molecule is Cc1cnc(NCCN(C)C2CC2)cc1[N+](=O)[O-]. The van der Waals surface area contributed by atoms with Gasteiger partial charge in [-0.05, 0) is 26.8 Å². The number of hydrogen-bond acceptors (Lipinski definition) is 5. The molecule has 0 aliphatic heterocycles. The molecule has 1 N–H and O–H groups in total. The van der Waals surface area contributed by atoms with Gasteiger partial charge in [0.1, 0.15) is 5.82 Å². The maximum Gasteiger partial charge on any atom is 0.277 e. The highest BCUT2D eigenvalue weighted by atomic mass is 16.6. The molecule has 0 unspecified atom stereocenters. The summed E-state index contributed by atoms with van der Waals surface area (Å²) in [7, 11) is 2.10. The van der Waals surface area contributed by atoms with Crippen molar-refractivity contribution in [3.05, 3.63) is 27.9 Å². The molecule has 0 saturated heterocycles. The van der Waals surface area contributed by atoms with Crippen LogP contribution in [0.25, 0.3) is 0 Å². The molecule has 0 bridgehead atoms. The minimum atomic E-state index is -0.376. The van der Waals surface area contributed by atoms with Crippen molar-refractivity contribution in [3.63, 3.8) is 0 Å². The van der Waals surface area contributed by atoms with Crippen LogP contribution in [0.4, 0.5) is 11.5 Å². The third-order valence-electron chi connectivity index (χ3n) is 3.21. The van der Waals surface area contributed by atoms with Gasteiger partial charge in [0, 0.05) is 30.9 Å². The van der Waals surface area contributed by atoms with E-state index in [1.165, 1.54) is 25.1 Å². The summed E-state index contributed by atoms with van der Waals surface area (Å²) >= 11 is 0. The summed E-state index contributed by atoms with van der Waals surface area (Å²) in [5, 5.41) is 13.9. The Morgan fingerprint density at radius 3 is 2.94 bits per heavy atom. The fourth-order valence-electron chi connectivity index (χ4n) is 1.86. The van der Waals surface area contributed by atoms with E-state index in [1.807, 2.05) is 0 Å². The minimum absolute atomic E-state index is 0.114. The van der Waals surface area contributed by atoms with E-state index < -0.39 is 0 Å². The summed E-state index contributed by atoms with van der Waals surface area (Å²) in [6.45, 7) is 3.37. The Kier molecular flexibility index (Phi) is 3.76. The molecule has 1 saturated carbocycles. The monoisotopic (exact) mass is 250 g/mol.